The molecule has 0 aromatic heterocycles. The fourth-order valence-corrected chi connectivity index (χ4v) is 4.60. The lowest BCUT2D eigenvalue weighted by Crippen LogP contribution is -2.25. The van der Waals surface area contributed by atoms with E-state index in [1.54, 1.807) is 37.4 Å². The van der Waals surface area contributed by atoms with Crippen LogP contribution in [0.1, 0.15) is 16.7 Å². The number of likely N-dealkylation sites (N-methyl/N-ethyl adjacent to an activating group) is 1. The first-order valence-corrected chi connectivity index (χ1v) is 11.0. The number of nitrogens with one attached hydrogen (secondary N) is 1. The van der Waals surface area contributed by atoms with Crippen LogP contribution in [0.5, 0.6) is 11.5 Å². The maximum atomic E-state index is 13.7. The first-order valence-electron chi connectivity index (χ1n) is 9.71. The SMILES string of the molecule is CN1C(=O)OCC1=Cc1ccc(Oc2ccc(CC3SC(=S)NC3=O)cc2C(F)(F)F)cc1. The van der Waals surface area contributed by atoms with Crippen molar-refractivity contribution >= 4 is 46.4 Å². The largest absolute Gasteiger partial charge is 0.457 e. The summed E-state index contributed by atoms with van der Waals surface area (Å²) in [4.78, 5) is 24.7. The minimum atomic E-state index is -4.64. The van der Waals surface area contributed by atoms with Crippen LogP contribution in [0.15, 0.2) is 48.2 Å². The highest BCUT2D eigenvalue weighted by molar-refractivity contribution is 8.24. The van der Waals surface area contributed by atoms with E-state index in [0.29, 0.717) is 15.6 Å². The van der Waals surface area contributed by atoms with Crippen molar-refractivity contribution < 1.29 is 32.2 Å². The minimum absolute atomic E-state index is 0.115. The molecule has 1 atom stereocenters. The predicted molar refractivity (Wildman–Crippen MR) is 121 cm³/mol. The van der Waals surface area contributed by atoms with Crippen molar-refractivity contribution in [3.63, 3.8) is 0 Å². The molecule has 0 radical (unpaired) electrons. The molecule has 2 aliphatic rings. The molecule has 2 saturated heterocycles. The number of halogens is 3. The monoisotopic (exact) mass is 494 g/mol. The standard InChI is InChI=1S/C22H17F3N2O4S2/c1-27-14(11-30-21(27)29)8-12-2-5-15(6-3-12)31-17-7-4-13(9-16(17)22(23,24)25)10-18-19(28)26-20(32)33-18/h2-9,18H,10-11H2,1H3,(H,26,28,32). The van der Waals surface area contributed by atoms with Gasteiger partial charge in [0.2, 0.25) is 5.91 Å². The molecule has 2 fully saturated rings. The van der Waals surface area contributed by atoms with Crippen LogP contribution >= 0.6 is 24.0 Å². The molecule has 2 aliphatic heterocycles. The Labute approximate surface area is 196 Å². The third kappa shape index (κ3) is 5.31. The summed E-state index contributed by atoms with van der Waals surface area (Å²) in [6.07, 6.45) is -3.23. The first-order chi connectivity index (χ1) is 15.6. The van der Waals surface area contributed by atoms with Crippen molar-refractivity contribution in [3.8, 4) is 11.5 Å². The van der Waals surface area contributed by atoms with Gasteiger partial charge in [-0.1, -0.05) is 42.2 Å². The molecule has 2 aromatic rings. The third-order valence-corrected chi connectivity index (χ3v) is 6.40. The van der Waals surface area contributed by atoms with Gasteiger partial charge in [-0.25, -0.2) is 4.79 Å². The second kappa shape index (κ2) is 9.06. The van der Waals surface area contributed by atoms with Gasteiger partial charge in [0.1, 0.15) is 22.4 Å². The van der Waals surface area contributed by atoms with Crippen molar-refractivity contribution in [2.24, 2.45) is 0 Å². The number of hydrogen-bond donors (Lipinski definition) is 1. The van der Waals surface area contributed by atoms with Crippen LogP contribution in [0.2, 0.25) is 0 Å². The molecular formula is C22H17F3N2O4S2. The van der Waals surface area contributed by atoms with E-state index in [1.807, 2.05) is 0 Å². The molecule has 2 heterocycles. The number of cyclic esters (lactones) is 1. The van der Waals surface area contributed by atoms with Gasteiger partial charge in [0.15, 0.2) is 0 Å². The quantitative estimate of drug-likeness (QED) is 0.592. The second-order valence-corrected chi connectivity index (χ2v) is 9.22. The Kier molecular flexibility index (Phi) is 6.35. The molecular weight excluding hydrogens is 477 g/mol. The zero-order chi connectivity index (χ0) is 23.8. The summed E-state index contributed by atoms with van der Waals surface area (Å²) in [7, 11) is 1.59. The summed E-state index contributed by atoms with van der Waals surface area (Å²) in [5, 5.41) is 1.92. The van der Waals surface area contributed by atoms with Crippen LogP contribution < -0.4 is 10.1 Å². The summed E-state index contributed by atoms with van der Waals surface area (Å²) >= 11 is 6.06. The summed E-state index contributed by atoms with van der Waals surface area (Å²) in [5.74, 6) is -0.432. The molecule has 2 aromatic carbocycles. The predicted octanol–water partition coefficient (Wildman–Crippen LogP) is 4.98. The van der Waals surface area contributed by atoms with E-state index in [2.05, 4.69) is 5.32 Å². The van der Waals surface area contributed by atoms with Crippen molar-refractivity contribution in [1.82, 2.24) is 10.2 Å². The number of amides is 2. The Balaban J connectivity index is 1.52. The molecule has 1 unspecified atom stereocenters. The van der Waals surface area contributed by atoms with Crippen molar-refractivity contribution in [3.05, 3.63) is 64.9 Å². The molecule has 33 heavy (non-hydrogen) atoms. The molecule has 2 amide bonds. The average Bonchev–Trinajstić information content (AvgIpc) is 3.24. The van der Waals surface area contributed by atoms with Crippen LogP contribution in [0.25, 0.3) is 6.08 Å². The Bertz CT molecular complexity index is 1150. The zero-order valence-electron chi connectivity index (χ0n) is 17.1. The Morgan fingerprint density at radius 1 is 1.24 bits per heavy atom. The van der Waals surface area contributed by atoms with Crippen molar-refractivity contribution in [2.45, 2.75) is 17.8 Å². The van der Waals surface area contributed by atoms with E-state index in [4.69, 9.17) is 21.7 Å². The van der Waals surface area contributed by atoms with Gasteiger partial charge in [-0.3, -0.25) is 9.69 Å². The number of thioether (sulfide) groups is 1. The lowest BCUT2D eigenvalue weighted by atomic mass is 10.0. The number of ether oxygens (including phenoxy) is 2. The molecule has 172 valence electrons. The number of hydrogen-bond acceptors (Lipinski definition) is 6. The van der Waals surface area contributed by atoms with Crippen molar-refractivity contribution in [2.75, 3.05) is 13.7 Å². The van der Waals surface area contributed by atoms with E-state index < -0.39 is 23.1 Å². The van der Waals surface area contributed by atoms with Crippen LogP contribution in [0, 0.1) is 0 Å². The van der Waals surface area contributed by atoms with E-state index in [0.717, 1.165) is 23.4 Å². The molecule has 4 rings (SSSR count). The first kappa shape index (κ1) is 23.1. The summed E-state index contributed by atoms with van der Waals surface area (Å²) in [6, 6.07) is 10.2. The Morgan fingerprint density at radius 3 is 2.55 bits per heavy atom. The summed E-state index contributed by atoms with van der Waals surface area (Å²) < 4.78 is 51.9. The molecule has 0 spiro atoms. The highest BCUT2D eigenvalue weighted by atomic mass is 32.2. The van der Waals surface area contributed by atoms with Gasteiger partial charge >= 0.3 is 12.3 Å². The molecule has 11 heteroatoms. The van der Waals surface area contributed by atoms with E-state index in [1.165, 1.54) is 17.0 Å². The van der Waals surface area contributed by atoms with Crippen LogP contribution in [-0.2, 0) is 22.1 Å². The van der Waals surface area contributed by atoms with Crippen molar-refractivity contribution in [1.29, 1.82) is 0 Å². The van der Waals surface area contributed by atoms with Crippen LogP contribution in [-0.4, -0.2) is 40.1 Å². The number of benzene rings is 2. The van der Waals surface area contributed by atoms with Crippen LogP contribution in [0.3, 0.4) is 0 Å². The fraction of sp³-hybridized carbons (Fsp3) is 0.227. The van der Waals surface area contributed by atoms with Crippen LogP contribution in [0.4, 0.5) is 18.0 Å². The number of thiocarbonyl (C=S) groups is 1. The van der Waals surface area contributed by atoms with E-state index in [9.17, 15) is 22.8 Å². The van der Waals surface area contributed by atoms with Gasteiger partial charge in [-0.05, 0) is 47.9 Å². The highest BCUT2D eigenvalue weighted by Gasteiger charge is 2.36. The molecule has 0 aliphatic carbocycles. The highest BCUT2D eigenvalue weighted by Crippen LogP contribution is 2.39. The van der Waals surface area contributed by atoms with Gasteiger partial charge in [-0.2, -0.15) is 13.2 Å². The number of nitrogens with zero attached hydrogens (tertiary/aromatic N) is 1. The fourth-order valence-electron chi connectivity index (χ4n) is 3.29. The van der Waals surface area contributed by atoms with Gasteiger partial charge in [0.25, 0.3) is 0 Å². The smallest absolute Gasteiger partial charge is 0.419 e. The summed E-state index contributed by atoms with van der Waals surface area (Å²) in [5.41, 5.74) is 0.824. The Morgan fingerprint density at radius 2 is 1.97 bits per heavy atom. The zero-order valence-corrected chi connectivity index (χ0v) is 18.8. The topological polar surface area (TPSA) is 67.9 Å². The number of carbonyl (C=O) groups is 2. The maximum absolute atomic E-state index is 13.7. The third-order valence-electron chi connectivity index (χ3n) is 5.03. The van der Waals surface area contributed by atoms with E-state index in [-0.39, 0.29) is 30.4 Å². The van der Waals surface area contributed by atoms with Gasteiger partial charge in [0, 0.05) is 7.05 Å². The number of rotatable bonds is 5. The Hall–Kier alpha value is -3.05. The number of alkyl halides is 3. The second-order valence-electron chi connectivity index (χ2n) is 7.34. The maximum Gasteiger partial charge on any atom is 0.419 e. The van der Waals surface area contributed by atoms with Gasteiger partial charge in [0.05, 0.1) is 16.5 Å². The minimum Gasteiger partial charge on any atom is -0.457 e. The molecule has 1 N–H and O–H groups in total. The van der Waals surface area contributed by atoms with Gasteiger partial charge < -0.3 is 14.8 Å². The summed E-state index contributed by atoms with van der Waals surface area (Å²) in [6.45, 7) is 0.154. The normalized spacial score (nSPS) is 19.8. The van der Waals surface area contributed by atoms with E-state index >= 15 is 0 Å². The molecule has 0 saturated carbocycles. The lowest BCUT2D eigenvalue weighted by molar-refractivity contribution is -0.138. The van der Waals surface area contributed by atoms with Gasteiger partial charge in [-0.15, -0.1) is 0 Å². The lowest BCUT2D eigenvalue weighted by Gasteiger charge is -2.16. The molecule has 6 nitrogen and oxygen atoms in total. The molecule has 0 bridgehead atoms. The number of carbonyl (C=O) groups excluding carboxylic acids is 2. The average molecular weight is 495 g/mol.